The number of carbonyl (C=O) groups excluding carboxylic acids is 1. The molecule has 0 aromatic carbocycles. The van der Waals surface area contributed by atoms with Gasteiger partial charge in [0.25, 0.3) is 0 Å². The lowest BCUT2D eigenvalue weighted by molar-refractivity contribution is -0.130. The molecule has 0 aromatic heterocycles. The summed E-state index contributed by atoms with van der Waals surface area (Å²) in [5.74, 6) is 1.42. The fourth-order valence-corrected chi connectivity index (χ4v) is 3.89. The van der Waals surface area contributed by atoms with Gasteiger partial charge in [-0.15, -0.1) is 0 Å². The lowest BCUT2D eigenvalue weighted by Gasteiger charge is -2.28. The maximum atomic E-state index is 12.1. The highest BCUT2D eigenvalue weighted by atomic mass is 32.2. The Labute approximate surface area is 102 Å². The molecule has 0 aromatic rings. The van der Waals surface area contributed by atoms with Gasteiger partial charge in [-0.25, -0.2) is 0 Å². The van der Waals surface area contributed by atoms with Gasteiger partial charge in [-0.05, 0) is 38.4 Å². The lowest BCUT2D eigenvalue weighted by atomic mass is 9.84. The number of amides is 1. The zero-order valence-electron chi connectivity index (χ0n) is 10.00. The molecule has 2 rings (SSSR count). The van der Waals surface area contributed by atoms with Crippen molar-refractivity contribution in [1.82, 2.24) is 5.32 Å². The Hall–Kier alpha value is -0.220. The maximum Gasteiger partial charge on any atom is 0.227 e. The zero-order valence-corrected chi connectivity index (χ0v) is 10.8. The Bertz CT molecular complexity index is 266. The largest absolute Gasteiger partial charge is 0.354 e. The highest BCUT2D eigenvalue weighted by Crippen LogP contribution is 2.37. The molecule has 2 fully saturated rings. The van der Waals surface area contributed by atoms with Gasteiger partial charge in [0.1, 0.15) is 0 Å². The highest BCUT2D eigenvalue weighted by molar-refractivity contribution is 8.00. The van der Waals surface area contributed by atoms with Crippen LogP contribution in [0.3, 0.4) is 0 Å². The van der Waals surface area contributed by atoms with E-state index in [1.165, 1.54) is 18.6 Å². The smallest absolute Gasteiger partial charge is 0.227 e. The van der Waals surface area contributed by atoms with Crippen LogP contribution in [0.2, 0.25) is 0 Å². The second-order valence-electron chi connectivity index (χ2n) is 5.26. The molecular weight excluding hydrogens is 220 g/mol. The topological polar surface area (TPSA) is 55.1 Å². The van der Waals surface area contributed by atoms with Crippen molar-refractivity contribution in [3.63, 3.8) is 0 Å². The van der Waals surface area contributed by atoms with Crippen LogP contribution >= 0.6 is 11.8 Å². The molecule has 3 atom stereocenters. The van der Waals surface area contributed by atoms with Gasteiger partial charge < -0.3 is 11.1 Å². The first-order valence-corrected chi connectivity index (χ1v) is 7.33. The van der Waals surface area contributed by atoms with E-state index in [-0.39, 0.29) is 17.4 Å². The molecule has 16 heavy (non-hydrogen) atoms. The molecule has 92 valence electrons. The van der Waals surface area contributed by atoms with Crippen LogP contribution in [-0.2, 0) is 4.79 Å². The lowest BCUT2D eigenvalue weighted by Crippen LogP contribution is -2.48. The molecule has 1 amide bonds. The number of hydrogen-bond acceptors (Lipinski definition) is 3. The number of carbonyl (C=O) groups is 1. The van der Waals surface area contributed by atoms with Crippen LogP contribution in [-0.4, -0.2) is 29.5 Å². The summed E-state index contributed by atoms with van der Waals surface area (Å²) in [5.41, 5.74) is 5.72. The minimum atomic E-state index is -0.316. The molecule has 1 saturated carbocycles. The fourth-order valence-electron chi connectivity index (χ4n) is 2.69. The molecule has 3 unspecified atom stereocenters. The number of nitrogens with one attached hydrogen (secondary N) is 1. The molecular formula is C12H22N2OS. The van der Waals surface area contributed by atoms with Gasteiger partial charge in [-0.2, -0.15) is 11.8 Å². The van der Waals surface area contributed by atoms with E-state index in [4.69, 9.17) is 5.73 Å². The van der Waals surface area contributed by atoms with Gasteiger partial charge in [-0.3, -0.25) is 4.79 Å². The van der Waals surface area contributed by atoms with Crippen LogP contribution in [0.25, 0.3) is 0 Å². The summed E-state index contributed by atoms with van der Waals surface area (Å²) in [6.45, 7) is 2.84. The van der Waals surface area contributed by atoms with Crippen LogP contribution in [0.5, 0.6) is 0 Å². The van der Waals surface area contributed by atoms with E-state index in [1.807, 2.05) is 18.7 Å². The third kappa shape index (κ3) is 2.38. The average molecular weight is 242 g/mol. The van der Waals surface area contributed by atoms with Gasteiger partial charge in [0.2, 0.25) is 5.91 Å². The van der Waals surface area contributed by atoms with Crippen molar-refractivity contribution in [3.8, 4) is 0 Å². The first-order chi connectivity index (χ1) is 7.63. The normalized spacial score (nSPS) is 38.9. The number of rotatable bonds is 3. The second kappa shape index (κ2) is 4.96. The van der Waals surface area contributed by atoms with Crippen LogP contribution < -0.4 is 11.1 Å². The van der Waals surface area contributed by atoms with Gasteiger partial charge in [0.15, 0.2) is 0 Å². The van der Waals surface area contributed by atoms with Crippen molar-refractivity contribution in [2.75, 3.05) is 12.3 Å². The van der Waals surface area contributed by atoms with Gasteiger partial charge >= 0.3 is 0 Å². The molecule has 0 radical (unpaired) electrons. The molecule has 1 saturated heterocycles. The molecule has 1 aliphatic heterocycles. The SMILES string of the molecule is CC1(C(=O)NCC2CCCS2)CCCC1N. The van der Waals surface area contributed by atoms with Gasteiger partial charge in [0.05, 0.1) is 5.41 Å². The fraction of sp³-hybridized carbons (Fsp3) is 0.917. The van der Waals surface area contributed by atoms with Crippen molar-refractivity contribution in [2.45, 2.75) is 50.3 Å². The van der Waals surface area contributed by atoms with E-state index in [2.05, 4.69) is 5.32 Å². The predicted molar refractivity (Wildman–Crippen MR) is 68.4 cm³/mol. The minimum Gasteiger partial charge on any atom is -0.354 e. The first-order valence-electron chi connectivity index (χ1n) is 6.28. The summed E-state index contributed by atoms with van der Waals surface area (Å²) < 4.78 is 0. The average Bonchev–Trinajstić information content (AvgIpc) is 2.87. The molecule has 3 N–H and O–H groups in total. The minimum absolute atomic E-state index is 0.0451. The van der Waals surface area contributed by atoms with E-state index in [0.29, 0.717) is 5.25 Å². The van der Waals surface area contributed by atoms with Crippen molar-refractivity contribution >= 4 is 17.7 Å². The predicted octanol–water partition coefficient (Wildman–Crippen LogP) is 1.52. The molecule has 1 aliphatic carbocycles. The van der Waals surface area contributed by atoms with Gasteiger partial charge in [0, 0.05) is 17.8 Å². The molecule has 0 bridgehead atoms. The van der Waals surface area contributed by atoms with E-state index in [1.54, 1.807) is 0 Å². The van der Waals surface area contributed by atoms with Crippen LogP contribution in [0.15, 0.2) is 0 Å². The van der Waals surface area contributed by atoms with Crippen molar-refractivity contribution in [1.29, 1.82) is 0 Å². The zero-order chi connectivity index (χ0) is 11.6. The van der Waals surface area contributed by atoms with E-state index < -0.39 is 0 Å². The molecule has 2 aliphatic rings. The second-order valence-corrected chi connectivity index (χ2v) is 6.67. The summed E-state index contributed by atoms with van der Waals surface area (Å²) in [6, 6.07) is 0.0451. The van der Waals surface area contributed by atoms with E-state index >= 15 is 0 Å². The Kier molecular flexibility index (Phi) is 3.80. The standard InChI is InChI=1S/C12H22N2OS/c1-12(6-2-5-10(12)13)11(15)14-8-9-4-3-7-16-9/h9-10H,2-8,13H2,1H3,(H,14,15). The summed E-state index contributed by atoms with van der Waals surface area (Å²) in [7, 11) is 0. The van der Waals surface area contributed by atoms with Crippen LogP contribution in [0.1, 0.15) is 39.0 Å². The van der Waals surface area contributed by atoms with E-state index in [0.717, 1.165) is 25.8 Å². The summed E-state index contributed by atoms with van der Waals surface area (Å²) in [4.78, 5) is 12.1. The quantitative estimate of drug-likeness (QED) is 0.789. The third-order valence-corrected chi connectivity index (χ3v) is 5.46. The maximum absolute atomic E-state index is 12.1. The Morgan fingerprint density at radius 3 is 2.88 bits per heavy atom. The Morgan fingerprint density at radius 1 is 1.50 bits per heavy atom. The van der Waals surface area contributed by atoms with Crippen molar-refractivity contribution < 1.29 is 4.79 Å². The molecule has 4 heteroatoms. The van der Waals surface area contributed by atoms with E-state index in [9.17, 15) is 4.79 Å². The highest BCUT2D eigenvalue weighted by Gasteiger charge is 2.42. The molecule has 1 heterocycles. The monoisotopic (exact) mass is 242 g/mol. The summed E-state index contributed by atoms with van der Waals surface area (Å²) in [6.07, 6.45) is 5.55. The van der Waals surface area contributed by atoms with Crippen molar-refractivity contribution in [2.24, 2.45) is 11.1 Å². The number of hydrogen-bond donors (Lipinski definition) is 2. The summed E-state index contributed by atoms with van der Waals surface area (Å²) >= 11 is 1.98. The number of nitrogens with two attached hydrogens (primary N) is 1. The Balaban J connectivity index is 1.82. The molecule has 0 spiro atoms. The van der Waals surface area contributed by atoms with Crippen LogP contribution in [0.4, 0.5) is 0 Å². The number of thioether (sulfide) groups is 1. The Morgan fingerprint density at radius 2 is 2.31 bits per heavy atom. The third-order valence-electron chi connectivity index (χ3n) is 4.06. The van der Waals surface area contributed by atoms with Gasteiger partial charge in [-0.1, -0.05) is 6.42 Å². The summed E-state index contributed by atoms with van der Waals surface area (Å²) in [5, 5.41) is 3.73. The van der Waals surface area contributed by atoms with Crippen molar-refractivity contribution in [3.05, 3.63) is 0 Å². The molecule has 3 nitrogen and oxygen atoms in total. The van der Waals surface area contributed by atoms with Crippen LogP contribution in [0, 0.1) is 5.41 Å². The first kappa shape index (κ1) is 12.2.